The van der Waals surface area contributed by atoms with Crippen molar-refractivity contribution in [3.05, 3.63) is 29.8 Å². The predicted molar refractivity (Wildman–Crippen MR) is 82.0 cm³/mol. The summed E-state index contributed by atoms with van der Waals surface area (Å²) in [4.78, 5) is 0. The van der Waals surface area contributed by atoms with Crippen molar-refractivity contribution in [2.75, 3.05) is 5.32 Å². The Kier molecular flexibility index (Phi) is 5.00. The quantitative estimate of drug-likeness (QED) is 0.622. The van der Waals surface area contributed by atoms with Crippen LogP contribution in [0.5, 0.6) is 0 Å². The van der Waals surface area contributed by atoms with Crippen molar-refractivity contribution in [2.45, 2.75) is 51.5 Å². The van der Waals surface area contributed by atoms with Gasteiger partial charge in [-0.05, 0) is 49.7 Å². The molecule has 98 valence electrons. The van der Waals surface area contributed by atoms with Crippen molar-refractivity contribution in [3.8, 4) is 0 Å². The molecule has 2 N–H and O–H groups in total. The van der Waals surface area contributed by atoms with Gasteiger partial charge in [0.2, 0.25) is 0 Å². The highest BCUT2D eigenvalue weighted by Gasteiger charge is 2.12. The third-order valence-electron chi connectivity index (χ3n) is 3.47. The molecule has 0 bridgehead atoms. The maximum absolute atomic E-state index is 5.38. The number of nitrogens with one attached hydrogen (secondary N) is 2. The Bertz CT molecular complexity index is 395. The molecule has 0 saturated heterocycles. The van der Waals surface area contributed by atoms with Crippen LogP contribution in [0, 0.1) is 6.92 Å². The summed E-state index contributed by atoms with van der Waals surface area (Å²) >= 11 is 5.38. The van der Waals surface area contributed by atoms with E-state index in [1.54, 1.807) is 0 Å². The fourth-order valence-electron chi connectivity index (χ4n) is 2.50. The minimum atomic E-state index is 0.553. The van der Waals surface area contributed by atoms with E-state index in [0.717, 1.165) is 10.8 Å². The van der Waals surface area contributed by atoms with Gasteiger partial charge >= 0.3 is 0 Å². The molecule has 1 saturated carbocycles. The van der Waals surface area contributed by atoms with Crippen molar-refractivity contribution in [1.29, 1.82) is 0 Å². The molecule has 2 nitrogen and oxygen atoms in total. The lowest BCUT2D eigenvalue weighted by atomic mass is 10.1. The lowest BCUT2D eigenvalue weighted by Crippen LogP contribution is -2.37. The Morgan fingerprint density at radius 3 is 2.56 bits per heavy atom. The van der Waals surface area contributed by atoms with E-state index in [2.05, 4.69) is 29.7 Å². The van der Waals surface area contributed by atoms with Crippen molar-refractivity contribution >= 4 is 23.0 Å². The first-order valence-electron chi connectivity index (χ1n) is 6.88. The zero-order valence-electron chi connectivity index (χ0n) is 11.0. The van der Waals surface area contributed by atoms with E-state index in [9.17, 15) is 0 Å². The highest BCUT2D eigenvalue weighted by molar-refractivity contribution is 7.80. The minimum Gasteiger partial charge on any atom is -0.360 e. The topological polar surface area (TPSA) is 24.1 Å². The molecule has 18 heavy (non-hydrogen) atoms. The van der Waals surface area contributed by atoms with Gasteiger partial charge in [0.15, 0.2) is 5.11 Å². The number of rotatable bonds is 2. The minimum absolute atomic E-state index is 0.553. The average molecular weight is 262 g/mol. The van der Waals surface area contributed by atoms with Crippen molar-refractivity contribution in [2.24, 2.45) is 0 Å². The summed E-state index contributed by atoms with van der Waals surface area (Å²) in [5.74, 6) is 0. The van der Waals surface area contributed by atoms with Crippen LogP contribution in [-0.2, 0) is 0 Å². The Morgan fingerprint density at radius 2 is 1.89 bits per heavy atom. The van der Waals surface area contributed by atoms with Gasteiger partial charge in [0, 0.05) is 11.7 Å². The van der Waals surface area contributed by atoms with Crippen molar-refractivity contribution in [1.82, 2.24) is 5.32 Å². The molecule has 0 heterocycles. The van der Waals surface area contributed by atoms with Gasteiger partial charge in [0.1, 0.15) is 0 Å². The van der Waals surface area contributed by atoms with E-state index in [0.29, 0.717) is 6.04 Å². The van der Waals surface area contributed by atoms with Gasteiger partial charge in [-0.15, -0.1) is 0 Å². The van der Waals surface area contributed by atoms with Crippen LogP contribution in [0.3, 0.4) is 0 Å². The van der Waals surface area contributed by atoms with Gasteiger partial charge in [-0.3, -0.25) is 0 Å². The molecule has 0 unspecified atom stereocenters. The molecule has 1 fully saturated rings. The van der Waals surface area contributed by atoms with Crippen molar-refractivity contribution < 1.29 is 0 Å². The Balaban J connectivity index is 1.84. The first-order chi connectivity index (χ1) is 8.74. The average Bonchev–Trinajstić information content (AvgIpc) is 2.57. The maximum atomic E-state index is 5.38. The molecular weight excluding hydrogens is 240 g/mol. The van der Waals surface area contributed by atoms with Crippen LogP contribution in [0.15, 0.2) is 24.3 Å². The van der Waals surface area contributed by atoms with E-state index < -0.39 is 0 Å². The van der Waals surface area contributed by atoms with Gasteiger partial charge in [0.05, 0.1) is 0 Å². The molecule has 1 aromatic rings. The molecule has 0 radical (unpaired) electrons. The molecule has 2 rings (SSSR count). The van der Waals surface area contributed by atoms with Crippen LogP contribution in [0.2, 0.25) is 0 Å². The SMILES string of the molecule is Cc1cccc(NC(=S)NC2CCCCCC2)c1. The summed E-state index contributed by atoms with van der Waals surface area (Å²) in [5, 5.41) is 7.47. The Hall–Kier alpha value is -1.09. The second-order valence-electron chi connectivity index (χ2n) is 5.16. The molecule has 0 amide bonds. The molecule has 0 aromatic heterocycles. The maximum Gasteiger partial charge on any atom is 0.170 e. The van der Waals surface area contributed by atoms with E-state index in [1.165, 1.54) is 44.1 Å². The molecule has 1 aliphatic rings. The second-order valence-corrected chi connectivity index (χ2v) is 5.56. The highest BCUT2D eigenvalue weighted by Crippen LogP contribution is 2.17. The van der Waals surface area contributed by atoms with E-state index in [1.807, 2.05) is 12.1 Å². The largest absolute Gasteiger partial charge is 0.360 e. The Labute approximate surface area is 115 Å². The first-order valence-corrected chi connectivity index (χ1v) is 7.29. The van der Waals surface area contributed by atoms with Gasteiger partial charge < -0.3 is 10.6 Å². The third kappa shape index (κ3) is 4.30. The first kappa shape index (κ1) is 13.3. The molecule has 3 heteroatoms. The normalized spacial score (nSPS) is 16.9. The predicted octanol–water partition coefficient (Wildman–Crippen LogP) is 4.00. The molecule has 1 aromatic carbocycles. The second kappa shape index (κ2) is 6.74. The lowest BCUT2D eigenvalue weighted by molar-refractivity contribution is 0.535. The fraction of sp³-hybridized carbons (Fsp3) is 0.533. The van der Waals surface area contributed by atoms with Crippen molar-refractivity contribution in [3.63, 3.8) is 0 Å². The highest BCUT2D eigenvalue weighted by atomic mass is 32.1. The van der Waals surface area contributed by atoms with Crippen LogP contribution in [-0.4, -0.2) is 11.2 Å². The van der Waals surface area contributed by atoms with Crippen LogP contribution in [0.1, 0.15) is 44.1 Å². The number of anilines is 1. The fourth-order valence-corrected chi connectivity index (χ4v) is 2.78. The zero-order valence-corrected chi connectivity index (χ0v) is 11.9. The lowest BCUT2D eigenvalue weighted by Gasteiger charge is -2.19. The van der Waals surface area contributed by atoms with E-state index in [-0.39, 0.29) is 0 Å². The van der Waals surface area contributed by atoms with E-state index >= 15 is 0 Å². The third-order valence-corrected chi connectivity index (χ3v) is 3.69. The number of aryl methyl sites for hydroxylation is 1. The van der Waals surface area contributed by atoms with Crippen LogP contribution < -0.4 is 10.6 Å². The summed E-state index contributed by atoms with van der Waals surface area (Å²) in [6, 6.07) is 8.85. The Morgan fingerprint density at radius 1 is 1.17 bits per heavy atom. The number of hydrogen-bond donors (Lipinski definition) is 2. The summed E-state index contributed by atoms with van der Waals surface area (Å²) in [7, 11) is 0. The van der Waals surface area contributed by atoms with Gasteiger partial charge in [-0.2, -0.15) is 0 Å². The van der Waals surface area contributed by atoms with Gasteiger partial charge in [0.25, 0.3) is 0 Å². The van der Waals surface area contributed by atoms with Crippen LogP contribution in [0.25, 0.3) is 0 Å². The summed E-state index contributed by atoms with van der Waals surface area (Å²) in [5.41, 5.74) is 2.32. The van der Waals surface area contributed by atoms with Crippen LogP contribution in [0.4, 0.5) is 5.69 Å². The number of hydrogen-bond acceptors (Lipinski definition) is 1. The molecule has 1 aliphatic carbocycles. The van der Waals surface area contributed by atoms with E-state index in [4.69, 9.17) is 12.2 Å². The molecule has 0 aliphatic heterocycles. The van der Waals surface area contributed by atoms with Gasteiger partial charge in [-0.25, -0.2) is 0 Å². The molecule has 0 atom stereocenters. The summed E-state index contributed by atoms with van der Waals surface area (Å²) in [6.45, 7) is 2.09. The number of benzene rings is 1. The molecular formula is C15H22N2S. The van der Waals surface area contributed by atoms with Crippen LogP contribution >= 0.6 is 12.2 Å². The smallest absolute Gasteiger partial charge is 0.170 e. The molecule has 0 spiro atoms. The monoisotopic (exact) mass is 262 g/mol. The standard InChI is InChI=1S/C15H22N2S/c1-12-7-6-10-14(11-12)17-15(18)16-13-8-4-2-3-5-9-13/h6-7,10-11,13H,2-5,8-9H2,1H3,(H2,16,17,18). The summed E-state index contributed by atoms with van der Waals surface area (Å²) < 4.78 is 0. The van der Waals surface area contributed by atoms with Gasteiger partial charge in [-0.1, -0.05) is 37.8 Å². The zero-order chi connectivity index (χ0) is 12.8. The summed E-state index contributed by atoms with van der Waals surface area (Å²) in [6.07, 6.45) is 7.88. The number of thiocarbonyl (C=S) groups is 1.